The van der Waals surface area contributed by atoms with Crippen LogP contribution in [-0.2, 0) is 25.7 Å². The highest BCUT2D eigenvalue weighted by Crippen LogP contribution is 2.68. The molecule has 52 heavy (non-hydrogen) atoms. The molecular weight excluding hydrogens is 681 g/mol. The number of hydrogen-bond acceptors (Lipinski definition) is 12. The number of likely N-dealkylation sites (tertiary alicyclic amines) is 1. The maximum Gasteiger partial charge on any atom is 0.316 e. The van der Waals surface area contributed by atoms with E-state index >= 15 is 0 Å². The van der Waals surface area contributed by atoms with Gasteiger partial charge in [0.2, 0.25) is 11.9 Å². The molecule has 1 amide bonds. The van der Waals surface area contributed by atoms with E-state index in [1.165, 1.54) is 0 Å². The molecule has 5 N–H and O–H groups in total. The Balaban J connectivity index is 0.942. The van der Waals surface area contributed by atoms with E-state index in [9.17, 15) is 19.5 Å². The number of fused-ring (bicyclic) bond motifs is 1. The lowest BCUT2D eigenvalue weighted by atomic mass is 9.44. The van der Waals surface area contributed by atoms with Gasteiger partial charge in [-0.05, 0) is 55.8 Å². The third kappa shape index (κ3) is 6.19. The number of aromatic nitrogens is 4. The van der Waals surface area contributed by atoms with E-state index in [-0.39, 0.29) is 63.8 Å². The number of aryl methyl sites for hydroxylation is 1. The number of ether oxygens (including phenoxy) is 1. The molecule has 14 heteroatoms. The maximum atomic E-state index is 13.7. The van der Waals surface area contributed by atoms with E-state index in [4.69, 9.17) is 16.2 Å². The highest BCUT2D eigenvalue weighted by Gasteiger charge is 2.68. The normalized spacial score (nSPS) is 35.5. The molecule has 5 aliphatic rings. The van der Waals surface area contributed by atoms with Crippen molar-refractivity contribution >= 4 is 52.4 Å². The molecular formula is C38H56N8O5S. The predicted molar refractivity (Wildman–Crippen MR) is 201 cm³/mol. The molecule has 2 aromatic rings. The van der Waals surface area contributed by atoms with E-state index in [0.29, 0.717) is 69.0 Å². The molecule has 0 radical (unpaired) electrons. The zero-order valence-electron chi connectivity index (χ0n) is 31.1. The Labute approximate surface area is 310 Å². The average molecular weight is 737 g/mol. The quantitative estimate of drug-likeness (QED) is 0.252. The predicted octanol–water partition coefficient (Wildman–Crippen LogP) is 3.58. The number of piperidine rings is 1. The second-order valence-corrected chi connectivity index (χ2v) is 18.2. The first-order valence-electron chi connectivity index (χ1n) is 19.1. The number of nitrogens with zero attached hydrogens (tertiary/aromatic N) is 6. The number of nitrogens with two attached hydrogens (primary N) is 2. The van der Waals surface area contributed by atoms with Crippen molar-refractivity contribution in [1.82, 2.24) is 24.4 Å². The van der Waals surface area contributed by atoms with Gasteiger partial charge in [0.15, 0.2) is 17.0 Å². The molecule has 0 aromatic carbocycles. The number of aliphatic hydroxyl groups excluding tert-OH is 1. The Kier molecular flexibility index (Phi) is 9.90. The number of hydrogen-bond donors (Lipinski definition) is 3. The standard InChI is InChI=1S/C38H56N8O5S/c1-6-36(4)17-27(37(5)22(2)7-12-38(23(3)32(36)50)13-8-26(47)31(37)38)51-29(49)20-52-25-9-14-44(15-10-25)28(48)11-16-45-21-41-30-33(45)42-35(40)43-34(30)46-18-24(39)19-46/h6,21-25,27,31-32,50H,1,7-20,39H2,2-5H3,(H2,40,42,43)/t22-,23+,27-,31-,32+,36-,37+,38+/m1/s1. The molecule has 13 nitrogen and oxygen atoms in total. The number of imidazole rings is 1. The Morgan fingerprint density at radius 1 is 1.15 bits per heavy atom. The fourth-order valence-corrected chi connectivity index (χ4v) is 11.5. The number of thioether (sulfide) groups is 1. The summed E-state index contributed by atoms with van der Waals surface area (Å²) in [5.41, 5.74) is 11.8. The first-order chi connectivity index (χ1) is 24.7. The van der Waals surface area contributed by atoms with Gasteiger partial charge in [-0.15, -0.1) is 18.3 Å². The molecule has 4 heterocycles. The molecule has 3 saturated carbocycles. The summed E-state index contributed by atoms with van der Waals surface area (Å²) in [6, 6.07) is 0.104. The van der Waals surface area contributed by atoms with Crippen LogP contribution in [0.3, 0.4) is 0 Å². The summed E-state index contributed by atoms with van der Waals surface area (Å²) < 4.78 is 8.30. The van der Waals surface area contributed by atoms with Crippen LogP contribution in [0.2, 0.25) is 0 Å². The van der Waals surface area contributed by atoms with Crippen LogP contribution in [0.4, 0.5) is 11.8 Å². The van der Waals surface area contributed by atoms with Crippen molar-refractivity contribution in [2.75, 3.05) is 42.6 Å². The van der Waals surface area contributed by atoms with E-state index in [1.54, 1.807) is 18.1 Å². The first-order valence-corrected chi connectivity index (χ1v) is 20.2. The summed E-state index contributed by atoms with van der Waals surface area (Å²) >= 11 is 1.59. The lowest BCUT2D eigenvalue weighted by Gasteiger charge is -2.61. The number of ketones is 1. The van der Waals surface area contributed by atoms with Crippen LogP contribution in [0, 0.1) is 34.0 Å². The monoisotopic (exact) mass is 736 g/mol. The van der Waals surface area contributed by atoms with E-state index < -0.39 is 23.0 Å². The Bertz CT molecular complexity index is 1720. The first kappa shape index (κ1) is 37.1. The second-order valence-electron chi connectivity index (χ2n) is 16.9. The van der Waals surface area contributed by atoms with Crippen molar-refractivity contribution in [3.8, 4) is 0 Å². The lowest BCUT2D eigenvalue weighted by molar-refractivity contribution is -0.205. The summed E-state index contributed by atoms with van der Waals surface area (Å²) in [5.74, 6) is 0.976. The second kappa shape index (κ2) is 13.9. The Morgan fingerprint density at radius 3 is 2.58 bits per heavy atom. The van der Waals surface area contributed by atoms with Crippen molar-refractivity contribution in [1.29, 1.82) is 0 Å². The maximum absolute atomic E-state index is 13.7. The number of carbonyl (C=O) groups is 3. The molecule has 2 aromatic heterocycles. The van der Waals surface area contributed by atoms with Gasteiger partial charge in [0.25, 0.3) is 0 Å². The van der Waals surface area contributed by atoms with E-state index in [0.717, 1.165) is 32.1 Å². The fourth-order valence-electron chi connectivity index (χ4n) is 10.5. The molecule has 3 aliphatic carbocycles. The number of carbonyl (C=O) groups excluding carboxylic acids is 3. The summed E-state index contributed by atoms with van der Waals surface area (Å²) in [7, 11) is 0. The molecule has 284 valence electrons. The number of rotatable bonds is 9. The number of nitrogen functional groups attached to an aromatic ring is 1. The molecule has 0 unspecified atom stereocenters. The molecule has 2 bridgehead atoms. The van der Waals surface area contributed by atoms with Crippen molar-refractivity contribution in [2.45, 2.75) is 109 Å². The van der Waals surface area contributed by atoms with Gasteiger partial charge < -0.3 is 35.7 Å². The zero-order valence-corrected chi connectivity index (χ0v) is 31.9. The lowest BCUT2D eigenvalue weighted by Crippen LogP contribution is -2.63. The minimum Gasteiger partial charge on any atom is -0.461 e. The topological polar surface area (TPSA) is 183 Å². The largest absolute Gasteiger partial charge is 0.461 e. The van der Waals surface area contributed by atoms with Gasteiger partial charge >= 0.3 is 5.97 Å². The van der Waals surface area contributed by atoms with Gasteiger partial charge in [-0.25, -0.2) is 4.98 Å². The third-order valence-corrected chi connectivity index (χ3v) is 15.4. The van der Waals surface area contributed by atoms with Gasteiger partial charge in [-0.1, -0.05) is 33.8 Å². The smallest absolute Gasteiger partial charge is 0.316 e. The molecule has 5 fully saturated rings. The molecule has 7 rings (SSSR count). The summed E-state index contributed by atoms with van der Waals surface area (Å²) in [6.45, 7) is 15.7. The fraction of sp³-hybridized carbons (Fsp3) is 0.737. The number of aliphatic hydroxyl groups is 1. The van der Waals surface area contributed by atoms with Crippen molar-refractivity contribution in [3.63, 3.8) is 0 Å². The molecule has 8 atom stereocenters. The van der Waals surface area contributed by atoms with Crippen LogP contribution in [0.15, 0.2) is 19.0 Å². The number of esters is 1. The Hall–Kier alpha value is -3.23. The van der Waals surface area contributed by atoms with Gasteiger partial charge in [0.05, 0.1) is 18.2 Å². The highest BCUT2D eigenvalue weighted by molar-refractivity contribution is 8.00. The number of amides is 1. The third-order valence-electron chi connectivity index (χ3n) is 14.0. The van der Waals surface area contributed by atoms with Gasteiger partial charge in [0, 0.05) is 73.6 Å². The highest BCUT2D eigenvalue weighted by atomic mass is 32.2. The van der Waals surface area contributed by atoms with E-state index in [2.05, 4.69) is 42.3 Å². The van der Waals surface area contributed by atoms with E-state index in [1.807, 2.05) is 27.4 Å². The van der Waals surface area contributed by atoms with Gasteiger partial charge in [-0.2, -0.15) is 9.97 Å². The zero-order chi connectivity index (χ0) is 37.2. The van der Waals surface area contributed by atoms with Crippen LogP contribution in [0.1, 0.15) is 79.1 Å². The molecule has 2 aliphatic heterocycles. The van der Waals surface area contributed by atoms with Gasteiger partial charge in [-0.3, -0.25) is 14.4 Å². The SMILES string of the molecule is C=C[C@]1(C)C[C@@H](OC(=O)CSC2CCN(C(=O)CCn3cnc4c(N5CC(N)C5)nc(N)nc43)CC2)[C@]2(C)[C@H](C)CC[C@]3(CCC(=O)[C@@H]32)[C@@H](C)[C@@H]1O. The van der Waals surface area contributed by atoms with Crippen molar-refractivity contribution in [2.24, 2.45) is 39.7 Å². The van der Waals surface area contributed by atoms with Crippen LogP contribution in [-0.4, -0.2) is 103 Å². The summed E-state index contributed by atoms with van der Waals surface area (Å²) in [5, 5.41) is 12.0. The molecule has 2 saturated heterocycles. The number of anilines is 2. The van der Waals surface area contributed by atoms with Gasteiger partial charge in [0.1, 0.15) is 11.9 Å². The molecule has 0 spiro atoms. The van der Waals surface area contributed by atoms with Crippen LogP contribution in [0.5, 0.6) is 0 Å². The van der Waals surface area contributed by atoms with Crippen LogP contribution in [0.25, 0.3) is 11.2 Å². The van der Waals surface area contributed by atoms with Crippen molar-refractivity contribution in [3.05, 3.63) is 19.0 Å². The number of Topliss-reactive ketones (excluding diaryl/α,β-unsaturated/α-hetero) is 1. The summed E-state index contributed by atoms with van der Waals surface area (Å²) in [4.78, 5) is 57.8. The average Bonchev–Trinajstić information content (AvgIpc) is 3.69. The summed E-state index contributed by atoms with van der Waals surface area (Å²) in [6.07, 6.45) is 7.80. The van der Waals surface area contributed by atoms with Crippen molar-refractivity contribution < 1.29 is 24.2 Å². The van der Waals surface area contributed by atoms with Crippen LogP contribution < -0.4 is 16.4 Å². The van der Waals surface area contributed by atoms with Crippen LogP contribution >= 0.6 is 11.8 Å². The minimum atomic E-state index is -0.685. The Morgan fingerprint density at radius 2 is 1.88 bits per heavy atom. The minimum absolute atomic E-state index is 0.0630.